The molecular formula is C28H33N3O5S. The van der Waals surface area contributed by atoms with Crippen LogP contribution in [-0.2, 0) is 27.7 Å². The molecule has 8 nitrogen and oxygen atoms in total. The van der Waals surface area contributed by atoms with E-state index in [0.717, 1.165) is 23.1 Å². The molecule has 1 amide bonds. The molecule has 3 rings (SSSR count). The molecule has 37 heavy (non-hydrogen) atoms. The van der Waals surface area contributed by atoms with E-state index in [-0.39, 0.29) is 29.0 Å². The second kappa shape index (κ2) is 12.6. The fourth-order valence-electron chi connectivity index (χ4n) is 3.92. The highest BCUT2D eigenvalue weighted by molar-refractivity contribution is 7.92. The van der Waals surface area contributed by atoms with Gasteiger partial charge in [-0.25, -0.2) is 8.42 Å². The minimum absolute atomic E-state index is 0.0744. The maximum absolute atomic E-state index is 12.2. The number of anilines is 2. The number of carbonyl (C=O) groups is 2. The van der Waals surface area contributed by atoms with E-state index >= 15 is 0 Å². The zero-order chi connectivity index (χ0) is 27.0. The van der Waals surface area contributed by atoms with Crippen molar-refractivity contribution in [3.63, 3.8) is 0 Å². The third kappa shape index (κ3) is 8.82. The monoisotopic (exact) mass is 523 g/mol. The summed E-state index contributed by atoms with van der Waals surface area (Å²) in [5.74, 6) is -0.352. The summed E-state index contributed by atoms with van der Waals surface area (Å²) >= 11 is 0. The number of amides is 1. The Kier molecular flexibility index (Phi) is 9.57. The largest absolute Gasteiger partial charge is 0.387 e. The zero-order valence-electron chi connectivity index (χ0n) is 21.2. The SMILES string of the molecule is CC(=O)c1ccc(C(O)C(C)NCCc2ccc(NC(=O)Cc3ccccc3)cc2)cc1NS(C)(=O)=O. The number of aliphatic hydroxyl groups excluding tert-OH is 1. The molecule has 0 saturated carbocycles. The van der Waals surface area contributed by atoms with E-state index in [2.05, 4.69) is 15.4 Å². The molecule has 0 heterocycles. The Morgan fingerprint density at radius 1 is 0.946 bits per heavy atom. The third-order valence-electron chi connectivity index (χ3n) is 5.86. The Labute approximate surface area is 218 Å². The zero-order valence-corrected chi connectivity index (χ0v) is 22.0. The van der Waals surface area contributed by atoms with Crippen LogP contribution in [0.2, 0.25) is 0 Å². The molecule has 0 aliphatic heterocycles. The molecule has 196 valence electrons. The summed E-state index contributed by atoms with van der Waals surface area (Å²) in [4.78, 5) is 24.1. The van der Waals surface area contributed by atoms with Crippen molar-refractivity contribution in [1.82, 2.24) is 5.32 Å². The first-order valence-corrected chi connectivity index (χ1v) is 13.9. The Balaban J connectivity index is 1.52. The third-order valence-corrected chi connectivity index (χ3v) is 6.45. The molecule has 0 spiro atoms. The van der Waals surface area contributed by atoms with Crippen molar-refractivity contribution in [2.75, 3.05) is 22.8 Å². The second-order valence-corrected chi connectivity index (χ2v) is 10.8. The minimum Gasteiger partial charge on any atom is -0.387 e. The smallest absolute Gasteiger partial charge is 0.229 e. The van der Waals surface area contributed by atoms with Crippen LogP contribution in [0.5, 0.6) is 0 Å². The Morgan fingerprint density at radius 2 is 1.62 bits per heavy atom. The van der Waals surface area contributed by atoms with Crippen LogP contribution >= 0.6 is 0 Å². The van der Waals surface area contributed by atoms with Gasteiger partial charge in [0, 0.05) is 17.3 Å². The van der Waals surface area contributed by atoms with Gasteiger partial charge in [-0.15, -0.1) is 0 Å². The number of hydrogen-bond donors (Lipinski definition) is 4. The number of ketones is 1. The summed E-state index contributed by atoms with van der Waals surface area (Å²) in [7, 11) is -3.59. The highest BCUT2D eigenvalue weighted by Crippen LogP contribution is 2.25. The first-order valence-electron chi connectivity index (χ1n) is 12.0. The van der Waals surface area contributed by atoms with E-state index in [1.54, 1.807) is 6.07 Å². The summed E-state index contributed by atoms with van der Waals surface area (Å²) in [6.07, 6.45) is 1.12. The van der Waals surface area contributed by atoms with Crippen molar-refractivity contribution in [3.05, 3.63) is 95.1 Å². The van der Waals surface area contributed by atoms with Crippen LogP contribution < -0.4 is 15.4 Å². The number of benzene rings is 3. The normalized spacial score (nSPS) is 13.0. The fraction of sp³-hybridized carbons (Fsp3) is 0.286. The maximum Gasteiger partial charge on any atom is 0.229 e. The molecule has 0 bridgehead atoms. The van der Waals surface area contributed by atoms with E-state index in [1.807, 2.05) is 61.5 Å². The minimum atomic E-state index is -3.59. The van der Waals surface area contributed by atoms with Gasteiger partial charge in [0.15, 0.2) is 5.78 Å². The number of sulfonamides is 1. The number of hydrogen-bond acceptors (Lipinski definition) is 6. The first kappa shape index (κ1) is 28.0. The summed E-state index contributed by atoms with van der Waals surface area (Å²) in [6.45, 7) is 3.78. The molecule has 9 heteroatoms. The fourth-order valence-corrected chi connectivity index (χ4v) is 4.49. The number of aliphatic hydroxyl groups is 1. The lowest BCUT2D eigenvalue weighted by Crippen LogP contribution is -2.33. The number of Topliss-reactive ketones (excluding diaryl/α,β-unsaturated/α-hetero) is 1. The van der Waals surface area contributed by atoms with Gasteiger partial charge in [-0.3, -0.25) is 14.3 Å². The van der Waals surface area contributed by atoms with Gasteiger partial charge in [0.1, 0.15) is 0 Å². The van der Waals surface area contributed by atoms with Crippen molar-refractivity contribution >= 4 is 33.1 Å². The van der Waals surface area contributed by atoms with Gasteiger partial charge in [-0.1, -0.05) is 48.5 Å². The lowest BCUT2D eigenvalue weighted by Gasteiger charge is -2.22. The average Bonchev–Trinajstić information content (AvgIpc) is 2.84. The van der Waals surface area contributed by atoms with Crippen molar-refractivity contribution in [3.8, 4) is 0 Å². The van der Waals surface area contributed by atoms with Gasteiger partial charge < -0.3 is 15.7 Å². The highest BCUT2D eigenvalue weighted by atomic mass is 32.2. The van der Waals surface area contributed by atoms with Crippen LogP contribution in [0.4, 0.5) is 11.4 Å². The van der Waals surface area contributed by atoms with E-state index in [1.165, 1.54) is 19.1 Å². The molecule has 3 aromatic carbocycles. The van der Waals surface area contributed by atoms with Gasteiger partial charge in [0.25, 0.3) is 0 Å². The van der Waals surface area contributed by atoms with E-state index in [0.29, 0.717) is 24.9 Å². The Morgan fingerprint density at radius 3 is 2.24 bits per heavy atom. The molecule has 2 unspecified atom stereocenters. The van der Waals surface area contributed by atoms with E-state index < -0.39 is 16.1 Å². The Hall–Kier alpha value is -3.53. The number of rotatable bonds is 12. The molecule has 0 fully saturated rings. The van der Waals surface area contributed by atoms with Gasteiger partial charge in [-0.05, 0) is 67.8 Å². The van der Waals surface area contributed by atoms with Crippen LogP contribution in [0.25, 0.3) is 0 Å². The van der Waals surface area contributed by atoms with Crippen LogP contribution in [-0.4, -0.2) is 44.1 Å². The standard InChI is InChI=1S/C28H33N3O5S/c1-19(28(34)23-11-14-25(20(2)32)26(18-23)31-37(3,35)36)29-16-15-21-9-12-24(13-10-21)30-27(33)17-22-7-5-4-6-8-22/h4-14,18-19,28-29,31,34H,15-17H2,1-3H3,(H,30,33). The van der Waals surface area contributed by atoms with Crippen molar-refractivity contribution in [1.29, 1.82) is 0 Å². The predicted octanol–water partition coefficient (Wildman–Crippen LogP) is 3.70. The maximum atomic E-state index is 12.2. The molecular weight excluding hydrogens is 490 g/mol. The van der Waals surface area contributed by atoms with Gasteiger partial charge in [-0.2, -0.15) is 0 Å². The first-order chi connectivity index (χ1) is 17.5. The predicted molar refractivity (Wildman–Crippen MR) is 146 cm³/mol. The topological polar surface area (TPSA) is 125 Å². The molecule has 0 aliphatic rings. The molecule has 0 saturated heterocycles. The van der Waals surface area contributed by atoms with Crippen LogP contribution in [0.1, 0.15) is 47.0 Å². The molecule has 3 aromatic rings. The average molecular weight is 524 g/mol. The molecule has 4 N–H and O–H groups in total. The lowest BCUT2D eigenvalue weighted by atomic mass is 9.99. The van der Waals surface area contributed by atoms with Crippen molar-refractivity contribution in [2.24, 2.45) is 0 Å². The summed E-state index contributed by atoms with van der Waals surface area (Å²) in [5, 5.41) is 17.0. The quantitative estimate of drug-likeness (QED) is 0.268. The number of nitrogens with one attached hydrogen (secondary N) is 3. The van der Waals surface area contributed by atoms with Gasteiger partial charge in [0.05, 0.1) is 24.5 Å². The summed E-state index contributed by atoms with van der Waals surface area (Å²) in [6, 6.07) is 21.5. The van der Waals surface area contributed by atoms with Crippen LogP contribution in [0.15, 0.2) is 72.8 Å². The van der Waals surface area contributed by atoms with E-state index in [4.69, 9.17) is 0 Å². The lowest BCUT2D eigenvalue weighted by molar-refractivity contribution is -0.115. The molecule has 0 aromatic heterocycles. The van der Waals surface area contributed by atoms with Crippen molar-refractivity contribution < 1.29 is 23.1 Å². The number of carbonyl (C=O) groups excluding carboxylic acids is 2. The molecule has 0 radical (unpaired) electrons. The van der Waals surface area contributed by atoms with Gasteiger partial charge in [0.2, 0.25) is 15.9 Å². The summed E-state index contributed by atoms with van der Waals surface area (Å²) in [5.41, 5.74) is 3.63. The van der Waals surface area contributed by atoms with Crippen molar-refractivity contribution in [2.45, 2.75) is 38.8 Å². The molecule has 2 atom stereocenters. The van der Waals surface area contributed by atoms with Gasteiger partial charge >= 0.3 is 0 Å². The second-order valence-electron chi connectivity index (χ2n) is 9.08. The van der Waals surface area contributed by atoms with E-state index in [9.17, 15) is 23.1 Å². The Bertz CT molecular complexity index is 1330. The van der Waals surface area contributed by atoms with Crippen LogP contribution in [0.3, 0.4) is 0 Å². The van der Waals surface area contributed by atoms with Crippen LogP contribution in [0, 0.1) is 0 Å². The summed E-state index contributed by atoms with van der Waals surface area (Å²) < 4.78 is 25.7. The molecule has 0 aliphatic carbocycles. The highest BCUT2D eigenvalue weighted by Gasteiger charge is 2.19.